The molecule has 0 aliphatic carbocycles. The Morgan fingerprint density at radius 1 is 1.33 bits per heavy atom. The molecule has 1 aromatic carbocycles. The minimum atomic E-state index is 0.848. The van der Waals surface area contributed by atoms with Gasteiger partial charge >= 0.3 is 0 Å². The predicted octanol–water partition coefficient (Wildman–Crippen LogP) is 2.18. The Labute approximate surface area is 105 Å². The number of aryl methyl sites for hydroxylation is 1. The van der Waals surface area contributed by atoms with E-state index in [-0.39, 0.29) is 0 Å². The maximum Gasteiger partial charge on any atom is 0.106 e. The molecule has 0 saturated carbocycles. The molecule has 5 heteroatoms. The van der Waals surface area contributed by atoms with Crippen molar-refractivity contribution in [2.24, 2.45) is 0 Å². The summed E-state index contributed by atoms with van der Waals surface area (Å²) < 4.78 is 2.22. The molecular weight excluding hydrogens is 226 g/mol. The predicted molar refractivity (Wildman–Crippen MR) is 71.5 cm³/mol. The monoisotopic (exact) mass is 241 g/mol. The van der Waals surface area contributed by atoms with E-state index in [9.17, 15) is 0 Å². The Kier molecular flexibility index (Phi) is 2.72. The lowest BCUT2D eigenvalue weighted by atomic mass is 10.3. The summed E-state index contributed by atoms with van der Waals surface area (Å²) in [7, 11) is 0. The molecule has 0 bridgehead atoms. The lowest BCUT2D eigenvalue weighted by Crippen LogP contribution is -2.11. The standard InChI is InChI=1S/C13H15N5/c1-10-17-12-4-2-3-5-13(12)18(10)7-6-14-11-8-15-16-9-11/h2-5,8-9,14H,6-7H2,1H3,(H,15,16). The first-order valence-corrected chi connectivity index (χ1v) is 5.99. The zero-order valence-corrected chi connectivity index (χ0v) is 10.2. The Balaban J connectivity index is 1.76. The lowest BCUT2D eigenvalue weighted by Gasteiger charge is -2.07. The van der Waals surface area contributed by atoms with E-state index in [4.69, 9.17) is 0 Å². The van der Waals surface area contributed by atoms with Gasteiger partial charge in [-0.05, 0) is 19.1 Å². The van der Waals surface area contributed by atoms with Crippen molar-refractivity contribution in [2.45, 2.75) is 13.5 Å². The summed E-state index contributed by atoms with van der Waals surface area (Å²) in [6, 6.07) is 8.21. The molecule has 0 aliphatic heterocycles. The van der Waals surface area contributed by atoms with Crippen molar-refractivity contribution in [3.05, 3.63) is 42.5 Å². The van der Waals surface area contributed by atoms with Gasteiger partial charge in [0.2, 0.25) is 0 Å². The fourth-order valence-corrected chi connectivity index (χ4v) is 2.14. The number of anilines is 1. The van der Waals surface area contributed by atoms with Gasteiger partial charge in [-0.3, -0.25) is 5.10 Å². The van der Waals surface area contributed by atoms with Crippen LogP contribution in [0.4, 0.5) is 5.69 Å². The van der Waals surface area contributed by atoms with E-state index >= 15 is 0 Å². The number of hydrogen-bond acceptors (Lipinski definition) is 3. The summed E-state index contributed by atoms with van der Waals surface area (Å²) in [5.41, 5.74) is 3.25. The molecule has 0 radical (unpaired) electrons. The number of H-pyrrole nitrogens is 1. The van der Waals surface area contributed by atoms with Gasteiger partial charge in [0.25, 0.3) is 0 Å². The van der Waals surface area contributed by atoms with Crippen molar-refractivity contribution in [3.63, 3.8) is 0 Å². The van der Waals surface area contributed by atoms with Crippen molar-refractivity contribution in [3.8, 4) is 0 Å². The fraction of sp³-hybridized carbons (Fsp3) is 0.231. The van der Waals surface area contributed by atoms with Crippen LogP contribution in [0.1, 0.15) is 5.82 Å². The Hall–Kier alpha value is -2.30. The highest BCUT2D eigenvalue weighted by Crippen LogP contribution is 2.15. The first kappa shape index (κ1) is 10.8. The van der Waals surface area contributed by atoms with Gasteiger partial charge in [0.15, 0.2) is 0 Å². The number of aromatic amines is 1. The van der Waals surface area contributed by atoms with E-state index in [1.807, 2.05) is 31.3 Å². The van der Waals surface area contributed by atoms with Gasteiger partial charge in [0.1, 0.15) is 5.82 Å². The summed E-state index contributed by atoms with van der Waals surface area (Å²) in [6.07, 6.45) is 3.62. The number of nitrogens with one attached hydrogen (secondary N) is 2. The second-order valence-corrected chi connectivity index (χ2v) is 4.21. The molecule has 18 heavy (non-hydrogen) atoms. The van der Waals surface area contributed by atoms with Crippen LogP contribution in [0.2, 0.25) is 0 Å². The van der Waals surface area contributed by atoms with Crippen LogP contribution >= 0.6 is 0 Å². The molecule has 0 spiro atoms. The first-order valence-electron chi connectivity index (χ1n) is 5.99. The van der Waals surface area contributed by atoms with Crippen LogP contribution in [0.25, 0.3) is 11.0 Å². The number of rotatable bonds is 4. The smallest absolute Gasteiger partial charge is 0.106 e. The number of nitrogens with zero attached hydrogens (tertiary/aromatic N) is 3. The van der Waals surface area contributed by atoms with Gasteiger partial charge in [-0.2, -0.15) is 5.10 Å². The molecule has 3 aromatic rings. The Bertz CT molecular complexity index is 639. The average Bonchev–Trinajstić information content (AvgIpc) is 2.98. The summed E-state index contributed by atoms with van der Waals surface area (Å²) >= 11 is 0. The third kappa shape index (κ3) is 1.95. The lowest BCUT2D eigenvalue weighted by molar-refractivity contribution is 0.721. The molecule has 0 saturated heterocycles. The number of fused-ring (bicyclic) bond motifs is 1. The van der Waals surface area contributed by atoms with E-state index in [2.05, 4.69) is 31.1 Å². The minimum Gasteiger partial charge on any atom is -0.381 e. The largest absolute Gasteiger partial charge is 0.381 e. The van der Waals surface area contributed by atoms with E-state index in [0.717, 1.165) is 30.1 Å². The SMILES string of the molecule is Cc1nc2ccccc2n1CCNc1cn[nH]c1. The molecule has 0 fully saturated rings. The summed E-state index contributed by atoms with van der Waals surface area (Å²) in [4.78, 5) is 4.55. The van der Waals surface area contributed by atoms with Crippen molar-refractivity contribution >= 4 is 16.7 Å². The molecular formula is C13H15N5. The number of imidazole rings is 1. The molecule has 0 unspecified atom stereocenters. The molecule has 0 aliphatic rings. The number of aromatic nitrogens is 4. The number of benzene rings is 1. The van der Waals surface area contributed by atoms with Crippen molar-refractivity contribution in [1.29, 1.82) is 0 Å². The zero-order valence-electron chi connectivity index (χ0n) is 10.2. The maximum atomic E-state index is 4.55. The summed E-state index contributed by atoms with van der Waals surface area (Å²) in [6.45, 7) is 3.77. The van der Waals surface area contributed by atoms with Crippen LogP contribution in [0.5, 0.6) is 0 Å². The highest BCUT2D eigenvalue weighted by molar-refractivity contribution is 5.75. The zero-order chi connectivity index (χ0) is 12.4. The van der Waals surface area contributed by atoms with Crippen molar-refractivity contribution in [2.75, 3.05) is 11.9 Å². The highest BCUT2D eigenvalue weighted by atomic mass is 15.1. The van der Waals surface area contributed by atoms with Gasteiger partial charge < -0.3 is 9.88 Å². The third-order valence-electron chi connectivity index (χ3n) is 3.01. The van der Waals surface area contributed by atoms with E-state index in [1.165, 1.54) is 5.52 Å². The topological polar surface area (TPSA) is 58.5 Å². The molecule has 0 amide bonds. The minimum absolute atomic E-state index is 0.848. The van der Waals surface area contributed by atoms with Crippen LogP contribution in [0.15, 0.2) is 36.7 Å². The van der Waals surface area contributed by atoms with Gasteiger partial charge in [-0.15, -0.1) is 0 Å². The van der Waals surface area contributed by atoms with E-state index < -0.39 is 0 Å². The van der Waals surface area contributed by atoms with Gasteiger partial charge in [-0.1, -0.05) is 12.1 Å². The quantitative estimate of drug-likeness (QED) is 0.736. The highest BCUT2D eigenvalue weighted by Gasteiger charge is 2.05. The normalized spacial score (nSPS) is 10.9. The van der Waals surface area contributed by atoms with Crippen LogP contribution in [0, 0.1) is 6.92 Å². The molecule has 2 aromatic heterocycles. The first-order chi connectivity index (χ1) is 8.84. The molecule has 5 nitrogen and oxygen atoms in total. The molecule has 2 N–H and O–H groups in total. The molecule has 0 atom stereocenters. The van der Waals surface area contributed by atoms with Crippen molar-refractivity contribution < 1.29 is 0 Å². The summed E-state index contributed by atoms with van der Waals surface area (Å²) in [5.74, 6) is 1.05. The Morgan fingerprint density at radius 3 is 3.06 bits per heavy atom. The molecule has 3 rings (SSSR count). The van der Waals surface area contributed by atoms with Gasteiger partial charge in [0.05, 0.1) is 22.9 Å². The summed E-state index contributed by atoms with van der Waals surface area (Å²) in [5, 5.41) is 9.99. The molecule has 92 valence electrons. The van der Waals surface area contributed by atoms with Crippen molar-refractivity contribution in [1.82, 2.24) is 19.7 Å². The van der Waals surface area contributed by atoms with Gasteiger partial charge in [0, 0.05) is 19.3 Å². The Morgan fingerprint density at radius 2 is 2.22 bits per heavy atom. The maximum absolute atomic E-state index is 4.55. The number of para-hydroxylation sites is 2. The van der Waals surface area contributed by atoms with E-state index in [0.29, 0.717) is 0 Å². The fourth-order valence-electron chi connectivity index (χ4n) is 2.14. The van der Waals surface area contributed by atoms with Crippen LogP contribution in [-0.4, -0.2) is 26.3 Å². The number of hydrogen-bond donors (Lipinski definition) is 2. The third-order valence-corrected chi connectivity index (χ3v) is 3.01. The molecule has 2 heterocycles. The second kappa shape index (κ2) is 4.52. The van der Waals surface area contributed by atoms with E-state index in [1.54, 1.807) is 6.20 Å². The van der Waals surface area contributed by atoms with Crippen LogP contribution in [0.3, 0.4) is 0 Å². The van der Waals surface area contributed by atoms with Gasteiger partial charge in [-0.25, -0.2) is 4.98 Å². The van der Waals surface area contributed by atoms with Crippen LogP contribution < -0.4 is 5.32 Å². The average molecular weight is 241 g/mol. The second-order valence-electron chi connectivity index (χ2n) is 4.21. The van der Waals surface area contributed by atoms with Crippen LogP contribution in [-0.2, 0) is 6.54 Å².